The van der Waals surface area contributed by atoms with Gasteiger partial charge in [0, 0.05) is 17.8 Å². The van der Waals surface area contributed by atoms with Gasteiger partial charge in [-0.15, -0.1) is 0 Å². The summed E-state index contributed by atoms with van der Waals surface area (Å²) >= 11 is 0. The molecule has 122 valence electrons. The third-order valence-corrected chi connectivity index (χ3v) is 4.71. The molecule has 2 amide bonds. The van der Waals surface area contributed by atoms with Crippen molar-refractivity contribution < 1.29 is 9.59 Å². The molecular weight excluding hydrogens is 296 g/mol. The number of nitriles is 1. The highest BCUT2D eigenvalue weighted by Crippen LogP contribution is 2.39. The SMILES string of the molecule is N#CCC1(c2[nH]nc(NC(=O)C3CC3)c2C(N)=O)CCNCC1. The van der Waals surface area contributed by atoms with Crippen LogP contribution < -0.4 is 16.4 Å². The third-order valence-electron chi connectivity index (χ3n) is 4.71. The lowest BCUT2D eigenvalue weighted by Gasteiger charge is -2.35. The van der Waals surface area contributed by atoms with E-state index in [4.69, 9.17) is 5.73 Å². The quantitative estimate of drug-likeness (QED) is 0.623. The molecule has 5 N–H and O–H groups in total. The van der Waals surface area contributed by atoms with Crippen LogP contribution in [-0.2, 0) is 10.2 Å². The molecule has 1 saturated heterocycles. The molecule has 0 unspecified atom stereocenters. The topological polar surface area (TPSA) is 137 Å². The fourth-order valence-electron chi connectivity index (χ4n) is 3.19. The predicted octanol–water partition coefficient (Wildman–Crippen LogP) is 0.392. The Morgan fingerprint density at radius 1 is 1.39 bits per heavy atom. The number of carbonyl (C=O) groups is 2. The van der Waals surface area contributed by atoms with E-state index in [-0.39, 0.29) is 29.6 Å². The number of carbonyl (C=O) groups excluding carboxylic acids is 2. The Bertz CT molecular complexity index is 664. The highest BCUT2D eigenvalue weighted by Gasteiger charge is 2.40. The lowest BCUT2D eigenvalue weighted by molar-refractivity contribution is -0.117. The fourth-order valence-corrected chi connectivity index (χ4v) is 3.19. The van der Waals surface area contributed by atoms with Crippen molar-refractivity contribution >= 4 is 17.6 Å². The zero-order valence-corrected chi connectivity index (χ0v) is 12.8. The Labute approximate surface area is 133 Å². The zero-order valence-electron chi connectivity index (χ0n) is 12.8. The van der Waals surface area contributed by atoms with Crippen LogP contribution in [0.3, 0.4) is 0 Å². The van der Waals surface area contributed by atoms with Crippen LogP contribution in [0.25, 0.3) is 0 Å². The number of amides is 2. The summed E-state index contributed by atoms with van der Waals surface area (Å²) in [6, 6.07) is 2.21. The molecule has 2 fully saturated rings. The maximum atomic E-state index is 12.0. The Morgan fingerprint density at radius 2 is 2.09 bits per heavy atom. The molecule has 1 saturated carbocycles. The van der Waals surface area contributed by atoms with Gasteiger partial charge in [-0.3, -0.25) is 14.7 Å². The molecule has 0 spiro atoms. The first kappa shape index (κ1) is 15.5. The van der Waals surface area contributed by atoms with E-state index in [0.717, 1.165) is 25.9 Å². The molecule has 8 heteroatoms. The lowest BCUT2D eigenvalue weighted by Crippen LogP contribution is -2.41. The molecule has 2 heterocycles. The number of nitrogens with two attached hydrogens (primary N) is 1. The zero-order chi connectivity index (χ0) is 16.4. The van der Waals surface area contributed by atoms with Gasteiger partial charge in [0.1, 0.15) is 5.56 Å². The number of anilines is 1. The summed E-state index contributed by atoms with van der Waals surface area (Å²) < 4.78 is 0. The minimum Gasteiger partial charge on any atom is -0.365 e. The smallest absolute Gasteiger partial charge is 0.254 e. The van der Waals surface area contributed by atoms with Crippen molar-refractivity contribution in [3.63, 3.8) is 0 Å². The first-order chi connectivity index (χ1) is 11.1. The minimum atomic E-state index is -0.643. The Kier molecular flexibility index (Phi) is 4.05. The molecule has 0 atom stereocenters. The van der Waals surface area contributed by atoms with E-state index in [0.29, 0.717) is 18.5 Å². The largest absolute Gasteiger partial charge is 0.365 e. The maximum absolute atomic E-state index is 12.0. The number of nitrogens with zero attached hydrogens (tertiary/aromatic N) is 2. The van der Waals surface area contributed by atoms with E-state index in [2.05, 4.69) is 26.9 Å². The normalized spacial score (nSPS) is 19.8. The minimum absolute atomic E-state index is 0.00262. The summed E-state index contributed by atoms with van der Waals surface area (Å²) in [5.41, 5.74) is 5.83. The molecular formula is C15H20N6O2. The van der Waals surface area contributed by atoms with Gasteiger partial charge in [0.25, 0.3) is 5.91 Å². The average molecular weight is 316 g/mol. The molecule has 1 aliphatic heterocycles. The predicted molar refractivity (Wildman–Crippen MR) is 82.5 cm³/mol. The standard InChI is InChI=1S/C15H20N6O2/c16-6-3-15(4-7-18-8-5-15)11-10(12(17)22)13(21-20-11)19-14(23)9-1-2-9/h9,18H,1-5,7-8H2,(H2,17,22)(H2,19,20,21,23). The van der Waals surface area contributed by atoms with Crippen LogP contribution >= 0.6 is 0 Å². The van der Waals surface area contributed by atoms with Crippen molar-refractivity contribution in [2.24, 2.45) is 11.7 Å². The molecule has 8 nitrogen and oxygen atoms in total. The third kappa shape index (κ3) is 2.92. The molecule has 1 aromatic heterocycles. The van der Waals surface area contributed by atoms with Gasteiger partial charge in [0.2, 0.25) is 5.91 Å². The van der Waals surface area contributed by atoms with Gasteiger partial charge in [-0.1, -0.05) is 0 Å². The monoisotopic (exact) mass is 316 g/mol. The van der Waals surface area contributed by atoms with Crippen LogP contribution in [0.4, 0.5) is 5.82 Å². The maximum Gasteiger partial charge on any atom is 0.254 e. The van der Waals surface area contributed by atoms with E-state index >= 15 is 0 Å². The van der Waals surface area contributed by atoms with Crippen molar-refractivity contribution in [1.29, 1.82) is 5.26 Å². The molecule has 2 aliphatic rings. The number of rotatable bonds is 5. The number of aromatic nitrogens is 2. The molecule has 1 aliphatic carbocycles. The number of H-pyrrole nitrogens is 1. The summed E-state index contributed by atoms with van der Waals surface area (Å²) in [6.45, 7) is 1.51. The number of piperidine rings is 1. The second-order valence-corrected chi connectivity index (χ2v) is 6.32. The Hall–Kier alpha value is -2.40. The van der Waals surface area contributed by atoms with E-state index in [1.807, 2.05) is 0 Å². The van der Waals surface area contributed by atoms with E-state index < -0.39 is 11.3 Å². The van der Waals surface area contributed by atoms with Gasteiger partial charge in [-0.25, -0.2) is 0 Å². The van der Waals surface area contributed by atoms with Gasteiger partial charge in [0.05, 0.1) is 11.8 Å². The molecule has 3 rings (SSSR count). The number of aromatic amines is 1. The van der Waals surface area contributed by atoms with Gasteiger partial charge >= 0.3 is 0 Å². The number of primary amides is 1. The Morgan fingerprint density at radius 3 is 2.65 bits per heavy atom. The number of hydrogen-bond donors (Lipinski definition) is 4. The van der Waals surface area contributed by atoms with Gasteiger partial charge in [0.15, 0.2) is 5.82 Å². The molecule has 0 aromatic carbocycles. The highest BCUT2D eigenvalue weighted by molar-refractivity contribution is 6.04. The summed E-state index contributed by atoms with van der Waals surface area (Å²) in [7, 11) is 0. The molecule has 1 aromatic rings. The second-order valence-electron chi connectivity index (χ2n) is 6.32. The summed E-state index contributed by atoms with van der Waals surface area (Å²) in [5, 5.41) is 22.1. The van der Waals surface area contributed by atoms with Crippen molar-refractivity contribution in [1.82, 2.24) is 15.5 Å². The summed E-state index contributed by atoms with van der Waals surface area (Å²) in [4.78, 5) is 23.9. The van der Waals surface area contributed by atoms with E-state index in [9.17, 15) is 14.9 Å². The van der Waals surface area contributed by atoms with Crippen LogP contribution in [0, 0.1) is 17.2 Å². The van der Waals surface area contributed by atoms with E-state index in [1.54, 1.807) is 0 Å². The van der Waals surface area contributed by atoms with Crippen LogP contribution in [0.15, 0.2) is 0 Å². The van der Waals surface area contributed by atoms with Crippen molar-refractivity contribution in [2.45, 2.75) is 37.5 Å². The molecule has 0 bridgehead atoms. The van der Waals surface area contributed by atoms with Crippen LogP contribution in [0.2, 0.25) is 0 Å². The van der Waals surface area contributed by atoms with Crippen molar-refractivity contribution in [3.05, 3.63) is 11.3 Å². The highest BCUT2D eigenvalue weighted by atomic mass is 16.2. The van der Waals surface area contributed by atoms with Crippen LogP contribution in [0.1, 0.15) is 48.2 Å². The van der Waals surface area contributed by atoms with Crippen LogP contribution in [-0.4, -0.2) is 35.1 Å². The lowest BCUT2D eigenvalue weighted by atomic mass is 9.72. The first-order valence-corrected chi connectivity index (χ1v) is 7.84. The number of hydrogen-bond acceptors (Lipinski definition) is 5. The average Bonchev–Trinajstić information content (AvgIpc) is 3.29. The molecule has 0 radical (unpaired) electrons. The van der Waals surface area contributed by atoms with Gasteiger partial charge in [-0.05, 0) is 38.8 Å². The van der Waals surface area contributed by atoms with Gasteiger partial charge < -0.3 is 16.4 Å². The fraction of sp³-hybridized carbons (Fsp3) is 0.600. The molecule has 23 heavy (non-hydrogen) atoms. The number of nitrogens with one attached hydrogen (secondary N) is 3. The summed E-state index contributed by atoms with van der Waals surface area (Å²) in [6.07, 6.45) is 3.41. The van der Waals surface area contributed by atoms with Crippen LogP contribution in [0.5, 0.6) is 0 Å². The Balaban J connectivity index is 1.97. The second kappa shape index (κ2) is 6.01. The summed E-state index contributed by atoms with van der Waals surface area (Å²) in [5.74, 6) is -0.594. The van der Waals surface area contributed by atoms with Crippen molar-refractivity contribution in [2.75, 3.05) is 18.4 Å². The van der Waals surface area contributed by atoms with E-state index in [1.165, 1.54) is 0 Å². The van der Waals surface area contributed by atoms with Crippen molar-refractivity contribution in [3.8, 4) is 6.07 Å². The van der Waals surface area contributed by atoms with Gasteiger partial charge in [-0.2, -0.15) is 10.4 Å². The first-order valence-electron chi connectivity index (χ1n) is 7.84.